The smallest absolute Gasteiger partial charge is 0.266 e. The Morgan fingerprint density at radius 1 is 0.971 bits per heavy atom. The summed E-state index contributed by atoms with van der Waals surface area (Å²) in [6.07, 6.45) is 2.61. The van der Waals surface area contributed by atoms with Gasteiger partial charge in [-0.2, -0.15) is 0 Å². The fourth-order valence-electron chi connectivity index (χ4n) is 4.46. The van der Waals surface area contributed by atoms with Crippen LogP contribution in [0.5, 0.6) is 0 Å². The summed E-state index contributed by atoms with van der Waals surface area (Å²) >= 11 is 3.48. The molecule has 180 valence electrons. The first-order chi connectivity index (χ1) is 17.0. The summed E-state index contributed by atoms with van der Waals surface area (Å²) in [5.74, 6) is 0.677. The van der Waals surface area contributed by atoms with Crippen LogP contribution in [-0.2, 0) is 11.2 Å². The van der Waals surface area contributed by atoms with Gasteiger partial charge >= 0.3 is 0 Å². The largest absolute Gasteiger partial charge is 0.332 e. The molecule has 0 aliphatic carbocycles. The van der Waals surface area contributed by atoms with Crippen LogP contribution < -0.4 is 5.56 Å². The topological polar surface area (TPSA) is 55.2 Å². The number of para-hydroxylation sites is 1. The van der Waals surface area contributed by atoms with E-state index >= 15 is 0 Å². The van der Waals surface area contributed by atoms with Crippen LogP contribution in [0.4, 0.5) is 0 Å². The number of halogens is 1. The van der Waals surface area contributed by atoms with Crippen molar-refractivity contribution in [2.75, 3.05) is 6.54 Å². The van der Waals surface area contributed by atoms with Crippen LogP contribution in [-0.4, -0.2) is 26.9 Å². The minimum absolute atomic E-state index is 0.0834. The Bertz CT molecular complexity index is 1350. The number of benzene rings is 3. The summed E-state index contributed by atoms with van der Waals surface area (Å²) in [5.41, 5.74) is 2.42. The number of carbonyl (C=O) groups excluding carboxylic acids is 1. The first-order valence-corrected chi connectivity index (χ1v) is 12.9. The Kier molecular flexibility index (Phi) is 8.13. The molecule has 0 aliphatic heterocycles. The van der Waals surface area contributed by atoms with E-state index in [1.54, 1.807) is 10.6 Å². The number of aromatic nitrogens is 2. The predicted octanol–water partition coefficient (Wildman–Crippen LogP) is 6.47. The van der Waals surface area contributed by atoms with E-state index in [1.807, 2.05) is 79.4 Å². The van der Waals surface area contributed by atoms with E-state index in [9.17, 15) is 9.59 Å². The van der Waals surface area contributed by atoms with Gasteiger partial charge in [0.1, 0.15) is 5.82 Å². The van der Waals surface area contributed by atoms with E-state index in [0.29, 0.717) is 36.1 Å². The van der Waals surface area contributed by atoms with Gasteiger partial charge in [-0.25, -0.2) is 4.98 Å². The third kappa shape index (κ3) is 5.54. The average Bonchev–Trinajstić information content (AvgIpc) is 2.88. The van der Waals surface area contributed by atoms with Gasteiger partial charge in [0.15, 0.2) is 0 Å². The van der Waals surface area contributed by atoms with Gasteiger partial charge in [0, 0.05) is 17.4 Å². The average molecular weight is 532 g/mol. The van der Waals surface area contributed by atoms with Crippen molar-refractivity contribution < 1.29 is 4.79 Å². The summed E-state index contributed by atoms with van der Waals surface area (Å²) in [7, 11) is 0. The van der Waals surface area contributed by atoms with Crippen LogP contribution in [0.1, 0.15) is 50.5 Å². The second kappa shape index (κ2) is 11.5. The van der Waals surface area contributed by atoms with Gasteiger partial charge in [-0.15, -0.1) is 0 Å². The molecule has 0 fully saturated rings. The molecule has 6 heteroatoms. The lowest BCUT2D eigenvalue weighted by molar-refractivity contribution is -0.134. The molecule has 4 aromatic rings. The highest BCUT2D eigenvalue weighted by molar-refractivity contribution is 9.10. The lowest BCUT2D eigenvalue weighted by Crippen LogP contribution is -2.39. The third-order valence-corrected chi connectivity index (χ3v) is 6.74. The highest BCUT2D eigenvalue weighted by atomic mass is 79.9. The zero-order valence-electron chi connectivity index (χ0n) is 20.2. The van der Waals surface area contributed by atoms with Crippen molar-refractivity contribution in [3.63, 3.8) is 0 Å². The van der Waals surface area contributed by atoms with Crippen LogP contribution >= 0.6 is 15.9 Å². The van der Waals surface area contributed by atoms with Gasteiger partial charge in [0.25, 0.3) is 5.56 Å². The minimum atomic E-state index is -0.335. The highest BCUT2D eigenvalue weighted by Gasteiger charge is 2.28. The third-order valence-electron chi connectivity index (χ3n) is 6.22. The van der Waals surface area contributed by atoms with E-state index in [4.69, 9.17) is 4.98 Å². The molecular formula is C29H30BrN3O2. The molecule has 4 rings (SSSR count). The first kappa shape index (κ1) is 24.9. The zero-order chi connectivity index (χ0) is 24.8. The maximum Gasteiger partial charge on any atom is 0.266 e. The van der Waals surface area contributed by atoms with E-state index in [2.05, 4.69) is 28.1 Å². The van der Waals surface area contributed by atoms with Crippen LogP contribution in [0.15, 0.2) is 88.1 Å². The quantitative estimate of drug-likeness (QED) is 0.248. The van der Waals surface area contributed by atoms with Crippen LogP contribution in [0.3, 0.4) is 0 Å². The van der Waals surface area contributed by atoms with Crippen LogP contribution in [0.2, 0.25) is 0 Å². The molecule has 1 amide bonds. The molecule has 3 aromatic carbocycles. The number of hydrogen-bond donors (Lipinski definition) is 0. The molecule has 1 aromatic heterocycles. The minimum Gasteiger partial charge on any atom is -0.332 e. The van der Waals surface area contributed by atoms with Gasteiger partial charge in [0.2, 0.25) is 5.91 Å². The second-order valence-corrected chi connectivity index (χ2v) is 9.52. The van der Waals surface area contributed by atoms with Crippen molar-refractivity contribution in [3.8, 4) is 5.69 Å². The summed E-state index contributed by atoms with van der Waals surface area (Å²) in [5, 5.41) is 0.560. The summed E-state index contributed by atoms with van der Waals surface area (Å²) in [6.45, 7) is 4.62. The van der Waals surface area contributed by atoms with Gasteiger partial charge in [-0.3, -0.25) is 14.2 Å². The fourth-order valence-corrected chi connectivity index (χ4v) is 4.73. The van der Waals surface area contributed by atoms with Crippen LogP contribution in [0.25, 0.3) is 16.6 Å². The van der Waals surface area contributed by atoms with Gasteiger partial charge < -0.3 is 4.90 Å². The molecule has 5 nitrogen and oxygen atoms in total. The number of amides is 1. The van der Waals surface area contributed by atoms with Crippen molar-refractivity contribution >= 4 is 32.7 Å². The summed E-state index contributed by atoms with van der Waals surface area (Å²) < 4.78 is 2.61. The molecule has 0 saturated carbocycles. The number of carbonyl (C=O) groups is 1. The molecule has 0 bridgehead atoms. The van der Waals surface area contributed by atoms with Crippen molar-refractivity contribution in [2.45, 2.75) is 45.6 Å². The van der Waals surface area contributed by atoms with E-state index < -0.39 is 0 Å². The molecular weight excluding hydrogens is 502 g/mol. The number of rotatable bonds is 9. The fraction of sp³-hybridized carbons (Fsp3) is 0.276. The van der Waals surface area contributed by atoms with Crippen molar-refractivity contribution in [1.82, 2.24) is 14.5 Å². The standard InChI is InChI=1S/C29H30BrN3O2/c1-3-10-27(34)32(20-19-21-11-6-5-7-12-21)26(4-2)28-31-25-14-9-8-13-24(25)29(35)33(28)23-17-15-22(30)16-18-23/h5-9,11-18,26H,3-4,10,19-20H2,1-2H3. The maximum absolute atomic E-state index is 13.8. The molecule has 0 spiro atoms. The highest BCUT2D eigenvalue weighted by Crippen LogP contribution is 2.27. The van der Waals surface area contributed by atoms with Gasteiger partial charge in [-0.05, 0) is 61.2 Å². The Balaban J connectivity index is 1.86. The monoisotopic (exact) mass is 531 g/mol. The molecule has 0 aliphatic rings. The number of fused-ring (bicyclic) bond motifs is 1. The molecule has 1 heterocycles. The first-order valence-electron chi connectivity index (χ1n) is 12.1. The molecule has 0 radical (unpaired) electrons. The SMILES string of the molecule is CCCC(=O)N(CCc1ccccc1)C(CC)c1nc2ccccc2c(=O)n1-c1ccc(Br)cc1. The van der Waals surface area contributed by atoms with E-state index in [1.165, 1.54) is 5.56 Å². The Labute approximate surface area is 214 Å². The van der Waals surface area contributed by atoms with Crippen LogP contribution in [0, 0.1) is 0 Å². The van der Waals surface area contributed by atoms with Crippen molar-refractivity contribution in [2.24, 2.45) is 0 Å². The van der Waals surface area contributed by atoms with E-state index in [-0.39, 0.29) is 17.5 Å². The van der Waals surface area contributed by atoms with Crippen molar-refractivity contribution in [3.05, 3.63) is 105 Å². The molecule has 0 N–H and O–H groups in total. The Morgan fingerprint density at radius 2 is 1.66 bits per heavy atom. The molecule has 35 heavy (non-hydrogen) atoms. The predicted molar refractivity (Wildman–Crippen MR) is 145 cm³/mol. The Morgan fingerprint density at radius 3 is 2.34 bits per heavy atom. The van der Waals surface area contributed by atoms with Gasteiger partial charge in [0.05, 0.1) is 22.6 Å². The van der Waals surface area contributed by atoms with E-state index in [0.717, 1.165) is 23.0 Å². The number of nitrogens with zero attached hydrogens (tertiary/aromatic N) is 3. The summed E-state index contributed by atoms with van der Waals surface area (Å²) in [6, 6.07) is 24.9. The normalized spacial score (nSPS) is 12.0. The van der Waals surface area contributed by atoms with Gasteiger partial charge in [-0.1, -0.05) is 72.2 Å². The molecule has 1 atom stereocenters. The zero-order valence-corrected chi connectivity index (χ0v) is 21.7. The van der Waals surface area contributed by atoms with Crippen molar-refractivity contribution in [1.29, 1.82) is 0 Å². The Hall–Kier alpha value is -3.25. The summed E-state index contributed by atoms with van der Waals surface area (Å²) in [4.78, 5) is 34.0. The lowest BCUT2D eigenvalue weighted by atomic mass is 10.1. The second-order valence-electron chi connectivity index (χ2n) is 8.60. The number of hydrogen-bond acceptors (Lipinski definition) is 3. The molecule has 1 unspecified atom stereocenters. The lowest BCUT2D eigenvalue weighted by Gasteiger charge is -2.32. The molecule has 0 saturated heterocycles. The maximum atomic E-state index is 13.8.